The zero-order valence-corrected chi connectivity index (χ0v) is 19.2. The van der Waals surface area contributed by atoms with Gasteiger partial charge >= 0.3 is 0 Å². The van der Waals surface area contributed by atoms with Gasteiger partial charge in [0.05, 0.1) is 4.90 Å². The van der Waals surface area contributed by atoms with Crippen molar-refractivity contribution in [3.63, 3.8) is 0 Å². The molecule has 0 aliphatic carbocycles. The molecule has 1 amide bonds. The Kier molecular flexibility index (Phi) is 7.06. The number of nitrogens with one attached hydrogen (secondary N) is 1. The average molecular weight is 477 g/mol. The van der Waals surface area contributed by atoms with Gasteiger partial charge in [0.25, 0.3) is 5.91 Å². The van der Waals surface area contributed by atoms with Crippen molar-refractivity contribution in [2.45, 2.75) is 43.2 Å². The molecule has 2 unspecified atom stereocenters. The highest BCUT2D eigenvalue weighted by Gasteiger charge is 2.31. The zero-order valence-electron chi connectivity index (χ0n) is 18.4. The Morgan fingerprint density at radius 1 is 1.18 bits per heavy atom. The van der Waals surface area contributed by atoms with E-state index in [1.54, 1.807) is 18.2 Å². The number of nitrogens with zero attached hydrogens (tertiary/aromatic N) is 1. The standard InChI is InChI=1S/C23H28N2O7S/c1-16-4-2-3-11-25(16)33(28,29)20-8-5-17(6-9-20)23(27)24-13-18(26)14-30-19-7-10-21-22(12-19)32-15-31-21/h5-10,12,16,18,26H,2-4,11,13-15H2,1H3,(H,24,27). The molecule has 2 aromatic carbocycles. The molecule has 9 nitrogen and oxygen atoms in total. The highest BCUT2D eigenvalue weighted by Crippen LogP contribution is 2.35. The second-order valence-corrected chi connectivity index (χ2v) is 10.1. The fourth-order valence-electron chi connectivity index (χ4n) is 3.87. The summed E-state index contributed by atoms with van der Waals surface area (Å²) in [5.74, 6) is 1.33. The van der Waals surface area contributed by atoms with Gasteiger partial charge in [0.15, 0.2) is 11.5 Å². The number of benzene rings is 2. The SMILES string of the molecule is CC1CCCCN1S(=O)(=O)c1ccc(C(=O)NCC(O)COc2ccc3c(c2)OCO3)cc1. The van der Waals surface area contributed by atoms with Crippen LogP contribution in [0.4, 0.5) is 0 Å². The molecule has 0 aromatic heterocycles. The first-order valence-electron chi connectivity index (χ1n) is 11.0. The third kappa shape index (κ3) is 5.40. The largest absolute Gasteiger partial charge is 0.491 e. The van der Waals surface area contributed by atoms with Gasteiger partial charge in [0, 0.05) is 30.8 Å². The highest BCUT2D eigenvalue weighted by molar-refractivity contribution is 7.89. The van der Waals surface area contributed by atoms with Crippen LogP contribution in [0.1, 0.15) is 36.5 Å². The van der Waals surface area contributed by atoms with Crippen LogP contribution in [-0.4, -0.2) is 62.4 Å². The molecule has 33 heavy (non-hydrogen) atoms. The summed E-state index contributed by atoms with van der Waals surface area (Å²) >= 11 is 0. The van der Waals surface area contributed by atoms with E-state index in [9.17, 15) is 18.3 Å². The van der Waals surface area contributed by atoms with Gasteiger partial charge in [0.1, 0.15) is 18.5 Å². The molecule has 0 radical (unpaired) electrons. The molecule has 2 N–H and O–H groups in total. The van der Waals surface area contributed by atoms with Gasteiger partial charge in [-0.25, -0.2) is 8.42 Å². The van der Waals surface area contributed by atoms with E-state index in [0.29, 0.717) is 29.4 Å². The minimum absolute atomic E-state index is 0.0191. The lowest BCUT2D eigenvalue weighted by atomic mass is 10.1. The van der Waals surface area contributed by atoms with Crippen molar-refractivity contribution < 1.29 is 32.5 Å². The van der Waals surface area contributed by atoms with E-state index in [0.717, 1.165) is 19.3 Å². The summed E-state index contributed by atoms with van der Waals surface area (Å²) in [5.41, 5.74) is 0.310. The molecule has 2 atom stereocenters. The van der Waals surface area contributed by atoms with Crippen molar-refractivity contribution in [2.75, 3.05) is 26.5 Å². The molecule has 1 fully saturated rings. The summed E-state index contributed by atoms with van der Waals surface area (Å²) in [6.07, 6.45) is 1.80. The van der Waals surface area contributed by atoms with Gasteiger partial charge in [-0.3, -0.25) is 4.79 Å². The Bertz CT molecular complexity index is 1090. The molecule has 0 bridgehead atoms. The molecule has 2 aromatic rings. The maximum Gasteiger partial charge on any atom is 0.251 e. The number of ether oxygens (including phenoxy) is 3. The number of amides is 1. The van der Waals surface area contributed by atoms with E-state index in [2.05, 4.69) is 5.32 Å². The van der Waals surface area contributed by atoms with E-state index in [-0.39, 0.29) is 30.9 Å². The number of aliphatic hydroxyl groups excluding tert-OH is 1. The number of hydrogen-bond donors (Lipinski definition) is 2. The summed E-state index contributed by atoms with van der Waals surface area (Å²) < 4.78 is 43.4. The number of rotatable bonds is 8. The van der Waals surface area contributed by atoms with Gasteiger partial charge in [-0.1, -0.05) is 6.42 Å². The van der Waals surface area contributed by atoms with Crippen LogP contribution < -0.4 is 19.5 Å². The number of aliphatic hydroxyl groups is 1. The van der Waals surface area contributed by atoms with Gasteiger partial charge in [0.2, 0.25) is 16.8 Å². The van der Waals surface area contributed by atoms with Crippen LogP contribution >= 0.6 is 0 Å². The van der Waals surface area contributed by atoms with Gasteiger partial charge in [-0.2, -0.15) is 4.31 Å². The molecule has 2 heterocycles. The van der Waals surface area contributed by atoms with Crippen LogP contribution in [0.3, 0.4) is 0 Å². The number of fused-ring (bicyclic) bond motifs is 1. The van der Waals surface area contributed by atoms with Crippen LogP contribution in [0.5, 0.6) is 17.2 Å². The smallest absolute Gasteiger partial charge is 0.251 e. The summed E-state index contributed by atoms with van der Waals surface area (Å²) in [7, 11) is -3.59. The maximum atomic E-state index is 12.9. The molecule has 4 rings (SSSR count). The van der Waals surface area contributed by atoms with Gasteiger partial charge < -0.3 is 24.6 Å². The summed E-state index contributed by atoms with van der Waals surface area (Å²) in [6, 6.07) is 10.9. The summed E-state index contributed by atoms with van der Waals surface area (Å²) in [6.45, 7) is 2.55. The number of piperidine rings is 1. The van der Waals surface area contributed by atoms with Crippen molar-refractivity contribution >= 4 is 15.9 Å². The second-order valence-electron chi connectivity index (χ2n) is 8.17. The lowest BCUT2D eigenvalue weighted by molar-refractivity contribution is 0.0843. The lowest BCUT2D eigenvalue weighted by Crippen LogP contribution is -2.41. The molecule has 2 aliphatic heterocycles. The number of sulfonamides is 1. The first-order valence-corrected chi connectivity index (χ1v) is 12.4. The van der Waals surface area contributed by atoms with Crippen LogP contribution in [0.2, 0.25) is 0 Å². The maximum absolute atomic E-state index is 12.9. The quantitative estimate of drug-likeness (QED) is 0.600. The summed E-state index contributed by atoms with van der Waals surface area (Å²) in [4.78, 5) is 12.6. The molecule has 178 valence electrons. The monoisotopic (exact) mass is 476 g/mol. The number of carbonyl (C=O) groups is 1. The molecule has 10 heteroatoms. The van der Waals surface area contributed by atoms with E-state index >= 15 is 0 Å². The Balaban J connectivity index is 1.27. The molecule has 0 spiro atoms. The van der Waals surface area contributed by atoms with Crippen LogP contribution in [0.25, 0.3) is 0 Å². The van der Waals surface area contributed by atoms with Crippen molar-refractivity contribution in [2.24, 2.45) is 0 Å². The fraction of sp³-hybridized carbons (Fsp3) is 0.435. The van der Waals surface area contributed by atoms with Crippen LogP contribution in [0, 0.1) is 0 Å². The zero-order chi connectivity index (χ0) is 23.4. The molecule has 1 saturated heterocycles. The Labute approximate surface area is 193 Å². The minimum atomic E-state index is -3.59. The molecular formula is C23H28N2O7S. The first kappa shape index (κ1) is 23.3. The first-order chi connectivity index (χ1) is 15.8. The van der Waals surface area contributed by atoms with Crippen molar-refractivity contribution in [3.8, 4) is 17.2 Å². The highest BCUT2D eigenvalue weighted by atomic mass is 32.2. The van der Waals surface area contributed by atoms with E-state index in [1.165, 1.54) is 28.6 Å². The Hall–Kier alpha value is -2.82. The second kappa shape index (κ2) is 9.98. The Morgan fingerprint density at radius 3 is 2.70 bits per heavy atom. The predicted octanol–water partition coefficient (Wildman–Crippen LogP) is 2.15. The van der Waals surface area contributed by atoms with Crippen LogP contribution in [-0.2, 0) is 10.0 Å². The topological polar surface area (TPSA) is 114 Å². The van der Waals surface area contributed by atoms with E-state index < -0.39 is 22.0 Å². The van der Waals surface area contributed by atoms with Crippen molar-refractivity contribution in [1.82, 2.24) is 9.62 Å². The van der Waals surface area contributed by atoms with Crippen LogP contribution in [0.15, 0.2) is 47.4 Å². The third-order valence-electron chi connectivity index (χ3n) is 5.75. The minimum Gasteiger partial charge on any atom is -0.491 e. The number of hydrogen-bond acceptors (Lipinski definition) is 7. The molecule has 2 aliphatic rings. The van der Waals surface area contributed by atoms with E-state index in [1.807, 2.05) is 6.92 Å². The van der Waals surface area contributed by atoms with Gasteiger partial charge in [-0.05, 0) is 56.2 Å². The fourth-order valence-corrected chi connectivity index (χ4v) is 5.57. The lowest BCUT2D eigenvalue weighted by Gasteiger charge is -2.32. The van der Waals surface area contributed by atoms with Crippen molar-refractivity contribution in [1.29, 1.82) is 0 Å². The third-order valence-corrected chi connectivity index (χ3v) is 7.78. The summed E-state index contributed by atoms with van der Waals surface area (Å²) in [5, 5.41) is 12.8. The van der Waals surface area contributed by atoms with Crippen molar-refractivity contribution in [3.05, 3.63) is 48.0 Å². The Morgan fingerprint density at radius 2 is 1.94 bits per heavy atom. The molecular weight excluding hydrogens is 448 g/mol. The van der Waals surface area contributed by atoms with E-state index in [4.69, 9.17) is 14.2 Å². The average Bonchev–Trinajstić information content (AvgIpc) is 3.29. The normalized spacial score (nSPS) is 19.2. The number of carbonyl (C=O) groups excluding carboxylic acids is 1. The molecule has 0 saturated carbocycles. The predicted molar refractivity (Wildman–Crippen MR) is 120 cm³/mol. The van der Waals surface area contributed by atoms with Gasteiger partial charge in [-0.15, -0.1) is 0 Å².